The van der Waals surface area contributed by atoms with Crippen molar-refractivity contribution in [2.45, 2.75) is 44.4 Å². The number of nitrogens with zero attached hydrogens (tertiary/aromatic N) is 1. The zero-order valence-corrected chi connectivity index (χ0v) is 13.5. The zero-order chi connectivity index (χ0) is 17.2. The number of alkyl halides is 3. The van der Waals surface area contributed by atoms with Crippen LogP contribution in [0.1, 0.15) is 36.8 Å². The van der Waals surface area contributed by atoms with Crippen LogP contribution >= 0.6 is 0 Å². The summed E-state index contributed by atoms with van der Waals surface area (Å²) in [6.45, 7) is 1.49. The molecule has 1 saturated carbocycles. The lowest BCUT2D eigenvalue weighted by atomic mass is 10.0. The summed E-state index contributed by atoms with van der Waals surface area (Å²) in [6.07, 6.45) is -0.0782. The first-order chi connectivity index (χ1) is 11.4. The lowest BCUT2D eigenvalue weighted by Crippen LogP contribution is -2.48. The molecule has 1 aliphatic heterocycles. The molecule has 1 saturated heterocycles. The Balaban J connectivity index is 1.62. The molecular formula is C18H22F3NO2. The smallest absolute Gasteiger partial charge is 0.374 e. The van der Waals surface area contributed by atoms with Crippen molar-refractivity contribution in [2.75, 3.05) is 19.7 Å². The van der Waals surface area contributed by atoms with Crippen molar-refractivity contribution >= 4 is 5.91 Å². The Kier molecular flexibility index (Phi) is 5.13. The Morgan fingerprint density at radius 3 is 2.71 bits per heavy atom. The average Bonchev–Trinajstić information content (AvgIpc) is 3.08. The molecule has 0 aromatic heterocycles. The van der Waals surface area contributed by atoms with Crippen molar-refractivity contribution < 1.29 is 22.7 Å². The molecule has 3 nitrogen and oxygen atoms in total. The van der Waals surface area contributed by atoms with Crippen molar-refractivity contribution in [3.05, 3.63) is 35.4 Å². The van der Waals surface area contributed by atoms with E-state index in [1.54, 1.807) is 6.07 Å². The molecule has 1 atom stereocenters. The van der Waals surface area contributed by atoms with E-state index in [4.69, 9.17) is 4.74 Å². The van der Waals surface area contributed by atoms with Crippen molar-refractivity contribution in [3.63, 3.8) is 0 Å². The average molecular weight is 341 g/mol. The van der Waals surface area contributed by atoms with Gasteiger partial charge in [0.25, 0.3) is 0 Å². The Labute approximate surface area is 139 Å². The Morgan fingerprint density at radius 2 is 2.00 bits per heavy atom. The molecule has 1 unspecified atom stereocenters. The third kappa shape index (κ3) is 4.09. The largest absolute Gasteiger partial charge is 0.416 e. The molecule has 3 rings (SSSR count). The van der Waals surface area contributed by atoms with E-state index in [9.17, 15) is 18.0 Å². The van der Waals surface area contributed by atoms with Crippen LogP contribution in [0.2, 0.25) is 0 Å². The van der Waals surface area contributed by atoms with Crippen molar-refractivity contribution in [1.82, 2.24) is 4.90 Å². The van der Waals surface area contributed by atoms with E-state index in [1.165, 1.54) is 12.1 Å². The monoisotopic (exact) mass is 341 g/mol. The highest BCUT2D eigenvalue weighted by Crippen LogP contribution is 2.30. The van der Waals surface area contributed by atoms with Gasteiger partial charge < -0.3 is 9.64 Å². The third-order valence-corrected chi connectivity index (χ3v) is 4.87. The predicted molar refractivity (Wildman–Crippen MR) is 83.4 cm³/mol. The van der Waals surface area contributed by atoms with Crippen LogP contribution in [0.5, 0.6) is 0 Å². The van der Waals surface area contributed by atoms with Crippen LogP contribution in [0.15, 0.2) is 24.3 Å². The Hall–Kier alpha value is -1.56. The van der Waals surface area contributed by atoms with Gasteiger partial charge in [-0.25, -0.2) is 0 Å². The standard InChI is InChI=1S/C18H22F3NO2/c19-18(20,21)15-7-3-4-13(10-15)11-16-12-22(8-9-24-16)17(23)14-5-1-2-6-14/h3-4,7,10,14,16H,1-2,5-6,8-9,11-12H2. The maximum Gasteiger partial charge on any atom is 0.416 e. The Morgan fingerprint density at radius 1 is 1.25 bits per heavy atom. The van der Waals surface area contributed by atoms with Gasteiger partial charge in [0.05, 0.1) is 18.3 Å². The second-order valence-electron chi connectivity index (χ2n) is 6.66. The van der Waals surface area contributed by atoms with Gasteiger partial charge in [-0.1, -0.05) is 31.0 Å². The molecule has 1 aliphatic carbocycles. The number of ether oxygens (including phenoxy) is 1. The summed E-state index contributed by atoms with van der Waals surface area (Å²) in [4.78, 5) is 14.3. The highest BCUT2D eigenvalue weighted by Gasteiger charge is 2.32. The van der Waals surface area contributed by atoms with Crippen LogP contribution in [0, 0.1) is 5.92 Å². The third-order valence-electron chi connectivity index (χ3n) is 4.87. The number of halogens is 3. The van der Waals surface area contributed by atoms with Gasteiger partial charge in [0.15, 0.2) is 0 Å². The van der Waals surface area contributed by atoms with Crippen LogP contribution in [0.25, 0.3) is 0 Å². The first-order valence-electron chi connectivity index (χ1n) is 8.50. The molecule has 0 bridgehead atoms. The predicted octanol–water partition coefficient (Wildman–Crippen LogP) is 3.67. The fourth-order valence-corrected chi connectivity index (χ4v) is 3.61. The lowest BCUT2D eigenvalue weighted by molar-refractivity contribution is -0.142. The van der Waals surface area contributed by atoms with Gasteiger partial charge >= 0.3 is 6.18 Å². The zero-order valence-electron chi connectivity index (χ0n) is 13.5. The minimum absolute atomic E-state index is 0.123. The van der Waals surface area contributed by atoms with Gasteiger partial charge in [0, 0.05) is 25.4 Å². The number of morpholine rings is 1. The number of amides is 1. The summed E-state index contributed by atoms with van der Waals surface area (Å²) in [5, 5.41) is 0. The minimum atomic E-state index is -4.34. The number of carbonyl (C=O) groups is 1. The second-order valence-corrected chi connectivity index (χ2v) is 6.66. The fourth-order valence-electron chi connectivity index (χ4n) is 3.61. The van der Waals surface area contributed by atoms with E-state index in [1.807, 2.05) is 4.90 Å². The molecule has 1 aromatic carbocycles. The maximum atomic E-state index is 12.8. The fraction of sp³-hybridized carbons (Fsp3) is 0.611. The van der Waals surface area contributed by atoms with Gasteiger partial charge in [0.1, 0.15) is 0 Å². The van der Waals surface area contributed by atoms with Gasteiger partial charge in [-0.3, -0.25) is 4.79 Å². The summed E-state index contributed by atoms with van der Waals surface area (Å²) in [6, 6.07) is 5.33. The van der Waals surface area contributed by atoms with Crippen molar-refractivity contribution in [2.24, 2.45) is 5.92 Å². The summed E-state index contributed by atoms with van der Waals surface area (Å²) in [5.74, 6) is 0.308. The van der Waals surface area contributed by atoms with Crippen LogP contribution in [-0.4, -0.2) is 36.6 Å². The number of benzene rings is 1. The van der Waals surface area contributed by atoms with E-state index >= 15 is 0 Å². The minimum Gasteiger partial charge on any atom is -0.374 e. The number of hydrogen-bond donors (Lipinski definition) is 0. The molecular weight excluding hydrogens is 319 g/mol. The van der Waals surface area contributed by atoms with Crippen molar-refractivity contribution in [3.8, 4) is 0 Å². The molecule has 0 spiro atoms. The number of carbonyl (C=O) groups excluding carboxylic acids is 1. The quantitative estimate of drug-likeness (QED) is 0.840. The van der Waals surface area contributed by atoms with Gasteiger partial charge in [0.2, 0.25) is 5.91 Å². The summed E-state index contributed by atoms with van der Waals surface area (Å²) in [7, 11) is 0. The van der Waals surface area contributed by atoms with E-state index < -0.39 is 11.7 Å². The van der Waals surface area contributed by atoms with Crippen LogP contribution in [-0.2, 0) is 22.1 Å². The second kappa shape index (κ2) is 7.13. The maximum absolute atomic E-state index is 12.8. The van der Waals surface area contributed by atoms with Gasteiger partial charge in [-0.15, -0.1) is 0 Å². The molecule has 1 aromatic rings. The molecule has 132 valence electrons. The molecule has 2 aliphatic rings. The van der Waals surface area contributed by atoms with Crippen molar-refractivity contribution in [1.29, 1.82) is 0 Å². The normalized spacial score (nSPS) is 22.8. The van der Waals surface area contributed by atoms with Crippen LogP contribution in [0.3, 0.4) is 0 Å². The molecule has 0 N–H and O–H groups in total. The van der Waals surface area contributed by atoms with E-state index in [0.717, 1.165) is 31.7 Å². The lowest BCUT2D eigenvalue weighted by Gasteiger charge is -2.34. The van der Waals surface area contributed by atoms with Gasteiger partial charge in [-0.2, -0.15) is 13.2 Å². The summed E-state index contributed by atoms with van der Waals surface area (Å²) in [5.41, 5.74) is -0.0558. The number of hydrogen-bond acceptors (Lipinski definition) is 2. The molecule has 24 heavy (non-hydrogen) atoms. The Bertz CT molecular complexity index is 582. The molecule has 0 radical (unpaired) electrons. The van der Waals surface area contributed by atoms with E-state index in [2.05, 4.69) is 0 Å². The highest BCUT2D eigenvalue weighted by atomic mass is 19.4. The molecule has 1 heterocycles. The van der Waals surface area contributed by atoms with E-state index in [0.29, 0.717) is 31.7 Å². The van der Waals surface area contributed by atoms with Crippen LogP contribution < -0.4 is 0 Å². The van der Waals surface area contributed by atoms with Gasteiger partial charge in [-0.05, 0) is 24.5 Å². The van der Waals surface area contributed by atoms with E-state index in [-0.39, 0.29) is 17.9 Å². The first-order valence-corrected chi connectivity index (χ1v) is 8.50. The molecule has 2 fully saturated rings. The molecule has 6 heteroatoms. The molecule has 1 amide bonds. The van der Waals surface area contributed by atoms with Crippen LogP contribution in [0.4, 0.5) is 13.2 Å². The first kappa shape index (κ1) is 17.3. The number of rotatable bonds is 3. The highest BCUT2D eigenvalue weighted by molar-refractivity contribution is 5.79. The SMILES string of the molecule is O=C(C1CCCC1)N1CCOC(Cc2cccc(C(F)(F)F)c2)C1. The summed E-state index contributed by atoms with van der Waals surface area (Å²) >= 11 is 0. The topological polar surface area (TPSA) is 29.5 Å². The summed E-state index contributed by atoms with van der Waals surface area (Å²) < 4.78 is 44.1.